The van der Waals surface area contributed by atoms with E-state index >= 15 is 0 Å². The van der Waals surface area contributed by atoms with Crippen molar-refractivity contribution in [2.75, 3.05) is 0 Å². The smallest absolute Gasteiger partial charge is 0.246 e. The van der Waals surface area contributed by atoms with Gasteiger partial charge in [-0.05, 0) is 52.4 Å². The van der Waals surface area contributed by atoms with Crippen LogP contribution in [0.4, 0.5) is 0 Å². The van der Waals surface area contributed by atoms with Gasteiger partial charge in [-0.1, -0.05) is 6.92 Å². The zero-order valence-electron chi connectivity index (χ0n) is 10.3. The van der Waals surface area contributed by atoms with Crippen molar-refractivity contribution in [2.45, 2.75) is 59.0 Å². The van der Waals surface area contributed by atoms with E-state index in [2.05, 4.69) is 12.4 Å². The average molecular weight is 213 g/mol. The van der Waals surface area contributed by atoms with Crippen LogP contribution in [0.1, 0.15) is 53.4 Å². The molecule has 1 amide bonds. The van der Waals surface area contributed by atoms with E-state index in [1.54, 1.807) is 0 Å². The molecule has 1 rings (SSSR count). The van der Waals surface area contributed by atoms with E-state index < -0.39 is 0 Å². The molecule has 0 aromatic heterocycles. The predicted molar refractivity (Wildman–Crippen MR) is 60.1 cm³/mol. The van der Waals surface area contributed by atoms with Gasteiger partial charge < -0.3 is 0 Å². The SMILES string of the molecule is CC1CCC(C(=O)NOC(C)(C)C)CC1. The molecule has 15 heavy (non-hydrogen) atoms. The molecule has 3 nitrogen and oxygen atoms in total. The summed E-state index contributed by atoms with van der Waals surface area (Å²) < 4.78 is 0. The van der Waals surface area contributed by atoms with Crippen molar-refractivity contribution >= 4 is 5.91 Å². The molecule has 0 saturated heterocycles. The van der Waals surface area contributed by atoms with Crippen molar-refractivity contribution in [2.24, 2.45) is 11.8 Å². The lowest BCUT2D eigenvalue weighted by molar-refractivity contribution is -0.150. The number of hydrogen-bond acceptors (Lipinski definition) is 2. The summed E-state index contributed by atoms with van der Waals surface area (Å²) in [4.78, 5) is 17.0. The molecule has 0 aliphatic heterocycles. The number of hydrogen-bond donors (Lipinski definition) is 1. The highest BCUT2D eigenvalue weighted by Gasteiger charge is 2.25. The molecule has 0 unspecified atom stereocenters. The summed E-state index contributed by atoms with van der Waals surface area (Å²) in [5.41, 5.74) is 2.26. The van der Waals surface area contributed by atoms with E-state index in [1.165, 1.54) is 0 Å². The largest absolute Gasteiger partial charge is 0.272 e. The molecule has 0 spiro atoms. The number of rotatable bonds is 2. The summed E-state index contributed by atoms with van der Waals surface area (Å²) in [6.07, 6.45) is 4.32. The van der Waals surface area contributed by atoms with Crippen molar-refractivity contribution in [3.63, 3.8) is 0 Å². The minimum Gasteiger partial charge on any atom is -0.272 e. The molecule has 0 aromatic rings. The zero-order valence-corrected chi connectivity index (χ0v) is 10.3. The minimum absolute atomic E-state index is 0.0526. The van der Waals surface area contributed by atoms with Gasteiger partial charge >= 0.3 is 0 Å². The Balaban J connectivity index is 2.29. The van der Waals surface area contributed by atoms with Crippen LogP contribution in [0.2, 0.25) is 0 Å². The molecular weight excluding hydrogens is 190 g/mol. The van der Waals surface area contributed by atoms with Gasteiger partial charge in [0.1, 0.15) is 0 Å². The van der Waals surface area contributed by atoms with E-state index in [0.29, 0.717) is 0 Å². The van der Waals surface area contributed by atoms with Crippen LogP contribution in [0.25, 0.3) is 0 Å². The Hall–Kier alpha value is -0.570. The van der Waals surface area contributed by atoms with Crippen molar-refractivity contribution in [1.82, 2.24) is 5.48 Å². The number of amides is 1. The molecule has 1 saturated carbocycles. The molecular formula is C12H23NO2. The first-order chi connectivity index (χ1) is 6.88. The molecule has 1 fully saturated rings. The Bertz CT molecular complexity index is 212. The van der Waals surface area contributed by atoms with Gasteiger partial charge in [0.15, 0.2) is 0 Å². The lowest BCUT2D eigenvalue weighted by atomic mass is 9.83. The van der Waals surface area contributed by atoms with E-state index in [0.717, 1.165) is 31.6 Å². The van der Waals surface area contributed by atoms with Crippen molar-refractivity contribution in [3.05, 3.63) is 0 Å². The summed E-state index contributed by atoms with van der Waals surface area (Å²) in [6, 6.07) is 0. The van der Waals surface area contributed by atoms with Crippen LogP contribution in [0.15, 0.2) is 0 Å². The molecule has 1 aliphatic carbocycles. The topological polar surface area (TPSA) is 38.3 Å². The second-order valence-electron chi connectivity index (χ2n) is 5.64. The highest BCUT2D eigenvalue weighted by molar-refractivity contribution is 5.77. The third-order valence-electron chi connectivity index (χ3n) is 2.84. The molecule has 0 radical (unpaired) electrons. The normalized spacial score (nSPS) is 27.5. The number of nitrogens with one attached hydrogen (secondary N) is 1. The molecule has 1 N–H and O–H groups in total. The Morgan fingerprint density at radius 3 is 2.20 bits per heavy atom. The van der Waals surface area contributed by atoms with Crippen molar-refractivity contribution in [3.8, 4) is 0 Å². The van der Waals surface area contributed by atoms with Gasteiger partial charge in [-0.3, -0.25) is 9.63 Å². The summed E-state index contributed by atoms with van der Waals surface area (Å²) in [6.45, 7) is 8.03. The maximum atomic E-state index is 11.7. The highest BCUT2D eigenvalue weighted by atomic mass is 16.7. The number of carbonyl (C=O) groups is 1. The number of hydroxylamine groups is 1. The van der Waals surface area contributed by atoms with Crippen LogP contribution < -0.4 is 5.48 Å². The predicted octanol–water partition coefficient (Wildman–Crippen LogP) is 2.66. The van der Waals surface area contributed by atoms with Crippen molar-refractivity contribution < 1.29 is 9.63 Å². The summed E-state index contributed by atoms with van der Waals surface area (Å²) in [5, 5.41) is 0. The zero-order chi connectivity index (χ0) is 11.5. The van der Waals surface area contributed by atoms with Crippen LogP contribution in [0, 0.1) is 11.8 Å². The Morgan fingerprint density at radius 1 is 1.20 bits per heavy atom. The first kappa shape index (κ1) is 12.5. The monoisotopic (exact) mass is 213 g/mol. The molecule has 0 aromatic carbocycles. The van der Waals surface area contributed by atoms with Crippen LogP contribution in [0.5, 0.6) is 0 Å². The van der Waals surface area contributed by atoms with Crippen LogP contribution >= 0.6 is 0 Å². The van der Waals surface area contributed by atoms with Crippen LogP contribution in [-0.4, -0.2) is 11.5 Å². The first-order valence-corrected chi connectivity index (χ1v) is 5.86. The van der Waals surface area contributed by atoms with Crippen molar-refractivity contribution in [1.29, 1.82) is 0 Å². The fourth-order valence-electron chi connectivity index (χ4n) is 1.81. The summed E-state index contributed by atoms with van der Waals surface area (Å²) in [7, 11) is 0. The molecule has 88 valence electrons. The first-order valence-electron chi connectivity index (χ1n) is 5.86. The quantitative estimate of drug-likeness (QED) is 0.716. The second-order valence-corrected chi connectivity index (χ2v) is 5.64. The van der Waals surface area contributed by atoms with Gasteiger partial charge in [-0.25, -0.2) is 5.48 Å². The van der Waals surface area contributed by atoms with Gasteiger partial charge in [0, 0.05) is 5.92 Å². The molecule has 3 heteroatoms. The van der Waals surface area contributed by atoms with E-state index in [1.807, 2.05) is 20.8 Å². The second kappa shape index (κ2) is 4.97. The molecule has 0 atom stereocenters. The molecule has 0 heterocycles. The Labute approximate surface area is 92.5 Å². The van der Waals surface area contributed by atoms with Gasteiger partial charge in [0.2, 0.25) is 5.91 Å². The van der Waals surface area contributed by atoms with Gasteiger partial charge in [0.05, 0.1) is 5.60 Å². The van der Waals surface area contributed by atoms with Gasteiger partial charge in [-0.15, -0.1) is 0 Å². The molecule has 1 aliphatic rings. The lowest BCUT2D eigenvalue weighted by Crippen LogP contribution is -2.38. The maximum absolute atomic E-state index is 11.7. The summed E-state index contributed by atoms with van der Waals surface area (Å²) in [5.74, 6) is 0.984. The maximum Gasteiger partial charge on any atom is 0.246 e. The third-order valence-corrected chi connectivity index (χ3v) is 2.84. The van der Waals surface area contributed by atoms with E-state index in [9.17, 15) is 4.79 Å². The standard InChI is InChI=1S/C12H23NO2/c1-9-5-7-10(8-6-9)11(14)13-15-12(2,3)4/h9-10H,5-8H2,1-4H3,(H,13,14). The third kappa shape index (κ3) is 4.65. The minimum atomic E-state index is -0.308. The average Bonchev–Trinajstić information content (AvgIpc) is 2.14. The fraction of sp³-hybridized carbons (Fsp3) is 0.917. The highest BCUT2D eigenvalue weighted by Crippen LogP contribution is 2.28. The lowest BCUT2D eigenvalue weighted by Gasteiger charge is -2.26. The fourth-order valence-corrected chi connectivity index (χ4v) is 1.81. The van der Waals surface area contributed by atoms with Crippen LogP contribution in [0.3, 0.4) is 0 Å². The van der Waals surface area contributed by atoms with E-state index in [4.69, 9.17) is 4.84 Å². The van der Waals surface area contributed by atoms with Gasteiger partial charge in [0.25, 0.3) is 0 Å². The van der Waals surface area contributed by atoms with E-state index in [-0.39, 0.29) is 17.4 Å². The Kier molecular flexibility index (Phi) is 4.14. The molecule has 0 bridgehead atoms. The van der Waals surface area contributed by atoms with Gasteiger partial charge in [-0.2, -0.15) is 0 Å². The summed E-state index contributed by atoms with van der Waals surface area (Å²) >= 11 is 0. The number of carbonyl (C=O) groups excluding carboxylic acids is 1. The van der Waals surface area contributed by atoms with Crippen LogP contribution in [-0.2, 0) is 9.63 Å². The Morgan fingerprint density at radius 2 is 1.73 bits per heavy atom.